The number of aromatic amines is 1. The Bertz CT molecular complexity index is 762. The molecule has 1 saturated carbocycles. The van der Waals surface area contributed by atoms with Crippen LogP contribution in [0.3, 0.4) is 0 Å². The molecule has 0 radical (unpaired) electrons. The smallest absolute Gasteiger partial charge is 0.327 e. The van der Waals surface area contributed by atoms with Crippen molar-refractivity contribution in [2.75, 3.05) is 0 Å². The summed E-state index contributed by atoms with van der Waals surface area (Å²) in [5, 5.41) is 7.11. The number of benzene rings is 1. The van der Waals surface area contributed by atoms with Gasteiger partial charge in [-0.1, -0.05) is 73.0 Å². The van der Waals surface area contributed by atoms with Crippen LogP contribution in [0.4, 0.5) is 0 Å². The molecule has 2 aromatic rings. The first-order chi connectivity index (χ1) is 12.9. The van der Waals surface area contributed by atoms with E-state index in [2.05, 4.69) is 51.9 Å². The topological polar surface area (TPSA) is 67.9 Å². The number of nitrogens with zero attached hydrogens (tertiary/aromatic N) is 2. The fourth-order valence-corrected chi connectivity index (χ4v) is 4.38. The third-order valence-electron chi connectivity index (χ3n) is 5.62. The minimum absolute atomic E-state index is 0.0418. The van der Waals surface area contributed by atoms with Gasteiger partial charge in [0.25, 0.3) is 0 Å². The Morgan fingerprint density at radius 3 is 2.48 bits per heavy atom. The van der Waals surface area contributed by atoms with E-state index in [0.717, 1.165) is 24.3 Å². The molecule has 1 aliphatic carbocycles. The molecule has 0 aliphatic heterocycles. The van der Waals surface area contributed by atoms with E-state index < -0.39 is 4.83 Å². The molecule has 0 amide bonds. The molecule has 1 heterocycles. The predicted octanol–water partition coefficient (Wildman–Crippen LogP) is 5.22. The highest BCUT2D eigenvalue weighted by molar-refractivity contribution is 9.09. The van der Waals surface area contributed by atoms with E-state index in [9.17, 15) is 4.79 Å². The number of rotatable bonds is 5. The number of alkyl halides is 1. The lowest BCUT2D eigenvalue weighted by atomic mass is 9.73. The number of aromatic nitrogens is 3. The lowest BCUT2D eigenvalue weighted by molar-refractivity contribution is -0.157. The molecular weight excluding hydrogens is 406 g/mol. The molecule has 0 bridgehead atoms. The zero-order valence-corrected chi connectivity index (χ0v) is 18.0. The Morgan fingerprint density at radius 1 is 1.26 bits per heavy atom. The van der Waals surface area contributed by atoms with Crippen LogP contribution in [0, 0.1) is 24.7 Å². The SMILES string of the molecule is CCC1CC(C)C(OC(=O)C(Br)c2nc(-c3ccc(C)cc3)n[nH]2)C(C)C1. The summed E-state index contributed by atoms with van der Waals surface area (Å²) in [7, 11) is 0. The Hall–Kier alpha value is -1.69. The highest BCUT2D eigenvalue weighted by Gasteiger charge is 2.36. The van der Waals surface area contributed by atoms with Crippen LogP contribution in [0.25, 0.3) is 11.4 Å². The van der Waals surface area contributed by atoms with E-state index in [-0.39, 0.29) is 12.1 Å². The Morgan fingerprint density at radius 2 is 1.89 bits per heavy atom. The summed E-state index contributed by atoms with van der Waals surface area (Å²) in [6, 6.07) is 7.97. The summed E-state index contributed by atoms with van der Waals surface area (Å²) in [5.74, 6) is 2.22. The fraction of sp³-hybridized carbons (Fsp3) is 0.571. The normalized spacial score (nSPS) is 26.6. The molecule has 3 rings (SSSR count). The molecule has 1 fully saturated rings. The second-order valence-corrected chi connectivity index (χ2v) is 8.79. The second-order valence-electron chi connectivity index (χ2n) is 7.87. The van der Waals surface area contributed by atoms with Crippen molar-refractivity contribution in [2.24, 2.45) is 17.8 Å². The van der Waals surface area contributed by atoms with Gasteiger partial charge in [0, 0.05) is 5.56 Å². The van der Waals surface area contributed by atoms with Crippen molar-refractivity contribution in [1.29, 1.82) is 0 Å². The summed E-state index contributed by atoms with van der Waals surface area (Å²) in [6.45, 7) is 8.64. The number of nitrogens with one attached hydrogen (secondary N) is 1. The van der Waals surface area contributed by atoms with Crippen LogP contribution in [-0.4, -0.2) is 27.3 Å². The lowest BCUT2D eigenvalue weighted by Crippen LogP contribution is -2.38. The standard InChI is InChI=1S/C21H28BrN3O2/c1-5-15-10-13(3)18(14(4)11-15)27-21(26)17(22)20-23-19(24-25-20)16-8-6-12(2)7-9-16/h6-9,13-15,17-18H,5,10-11H2,1-4H3,(H,23,24,25). The van der Waals surface area contributed by atoms with Crippen LogP contribution in [-0.2, 0) is 9.53 Å². The van der Waals surface area contributed by atoms with Gasteiger partial charge in [0.15, 0.2) is 10.7 Å². The Kier molecular flexibility index (Phi) is 6.35. The van der Waals surface area contributed by atoms with E-state index in [1.807, 2.05) is 31.2 Å². The van der Waals surface area contributed by atoms with E-state index in [1.54, 1.807) is 0 Å². The summed E-state index contributed by atoms with van der Waals surface area (Å²) >= 11 is 3.43. The van der Waals surface area contributed by atoms with Gasteiger partial charge in [-0.05, 0) is 37.5 Å². The lowest BCUT2D eigenvalue weighted by Gasteiger charge is -2.38. The molecule has 1 aromatic carbocycles. The highest BCUT2D eigenvalue weighted by atomic mass is 79.9. The largest absolute Gasteiger partial charge is 0.461 e. The zero-order valence-electron chi connectivity index (χ0n) is 16.4. The van der Waals surface area contributed by atoms with E-state index >= 15 is 0 Å². The molecule has 0 spiro atoms. The molecule has 1 aromatic heterocycles. The van der Waals surface area contributed by atoms with Crippen molar-refractivity contribution in [3.63, 3.8) is 0 Å². The number of halogens is 1. The average molecular weight is 434 g/mol. The average Bonchev–Trinajstić information content (AvgIpc) is 3.14. The first kappa shape index (κ1) is 20.1. The van der Waals surface area contributed by atoms with Crippen LogP contribution in [0.1, 0.15) is 56.2 Å². The van der Waals surface area contributed by atoms with Crippen molar-refractivity contribution in [3.8, 4) is 11.4 Å². The van der Waals surface area contributed by atoms with Crippen LogP contribution in [0.5, 0.6) is 0 Å². The molecule has 1 aliphatic rings. The molecule has 5 nitrogen and oxygen atoms in total. The molecule has 3 unspecified atom stereocenters. The first-order valence-electron chi connectivity index (χ1n) is 9.73. The molecular formula is C21H28BrN3O2. The number of hydrogen-bond acceptors (Lipinski definition) is 4. The van der Waals surface area contributed by atoms with Crippen molar-refractivity contribution in [3.05, 3.63) is 35.7 Å². The van der Waals surface area contributed by atoms with E-state index in [4.69, 9.17) is 4.74 Å². The van der Waals surface area contributed by atoms with Gasteiger partial charge < -0.3 is 4.74 Å². The Balaban J connectivity index is 1.66. The van der Waals surface area contributed by atoms with Gasteiger partial charge in [-0.3, -0.25) is 9.89 Å². The van der Waals surface area contributed by atoms with Crippen LogP contribution in [0.15, 0.2) is 24.3 Å². The second kappa shape index (κ2) is 8.55. The number of esters is 1. The van der Waals surface area contributed by atoms with Gasteiger partial charge in [-0.25, -0.2) is 4.98 Å². The van der Waals surface area contributed by atoms with Gasteiger partial charge in [-0.15, -0.1) is 0 Å². The van der Waals surface area contributed by atoms with Gasteiger partial charge >= 0.3 is 5.97 Å². The maximum absolute atomic E-state index is 12.7. The third-order valence-corrected chi connectivity index (χ3v) is 6.43. The molecule has 27 heavy (non-hydrogen) atoms. The number of carbonyl (C=O) groups excluding carboxylic acids is 1. The van der Waals surface area contributed by atoms with E-state index in [1.165, 1.54) is 12.0 Å². The van der Waals surface area contributed by atoms with Gasteiger partial charge in [-0.2, -0.15) is 5.10 Å². The summed E-state index contributed by atoms with van der Waals surface area (Å²) in [5.41, 5.74) is 2.09. The van der Waals surface area contributed by atoms with Gasteiger partial charge in [0.05, 0.1) is 0 Å². The van der Waals surface area contributed by atoms with Crippen LogP contribution < -0.4 is 0 Å². The number of H-pyrrole nitrogens is 1. The van der Waals surface area contributed by atoms with Crippen molar-refractivity contribution >= 4 is 21.9 Å². The predicted molar refractivity (Wildman–Crippen MR) is 109 cm³/mol. The molecule has 0 saturated heterocycles. The number of hydrogen-bond donors (Lipinski definition) is 1. The van der Waals surface area contributed by atoms with Crippen LogP contribution in [0.2, 0.25) is 0 Å². The number of ether oxygens (including phenoxy) is 1. The molecule has 1 N–H and O–H groups in total. The Labute approximate surface area is 169 Å². The summed E-state index contributed by atoms with van der Waals surface area (Å²) in [4.78, 5) is 16.5. The van der Waals surface area contributed by atoms with Crippen molar-refractivity contribution in [2.45, 2.75) is 57.9 Å². The quantitative estimate of drug-likeness (QED) is 0.518. The minimum atomic E-state index is -0.646. The molecule has 6 heteroatoms. The molecule has 146 valence electrons. The maximum Gasteiger partial charge on any atom is 0.327 e. The van der Waals surface area contributed by atoms with E-state index in [0.29, 0.717) is 23.5 Å². The summed E-state index contributed by atoms with van der Waals surface area (Å²) in [6.07, 6.45) is 3.38. The third kappa shape index (κ3) is 4.60. The number of carbonyl (C=O) groups is 1. The van der Waals surface area contributed by atoms with Gasteiger partial charge in [0.2, 0.25) is 0 Å². The van der Waals surface area contributed by atoms with Crippen molar-refractivity contribution < 1.29 is 9.53 Å². The van der Waals surface area contributed by atoms with Crippen LogP contribution >= 0.6 is 15.9 Å². The van der Waals surface area contributed by atoms with Crippen molar-refractivity contribution in [1.82, 2.24) is 15.2 Å². The maximum atomic E-state index is 12.7. The first-order valence-corrected chi connectivity index (χ1v) is 10.6. The highest BCUT2D eigenvalue weighted by Crippen LogP contribution is 2.37. The molecule has 3 atom stereocenters. The number of aryl methyl sites for hydroxylation is 1. The summed E-state index contributed by atoms with van der Waals surface area (Å²) < 4.78 is 5.88. The van der Waals surface area contributed by atoms with Gasteiger partial charge in [0.1, 0.15) is 11.9 Å². The fourth-order valence-electron chi connectivity index (χ4n) is 4.07. The zero-order chi connectivity index (χ0) is 19.6. The monoisotopic (exact) mass is 433 g/mol. The minimum Gasteiger partial charge on any atom is -0.461 e.